The van der Waals surface area contributed by atoms with Crippen LogP contribution in [0.25, 0.3) is 10.8 Å². The number of hydrogen-bond acceptors (Lipinski definition) is 2. The molecule has 0 unspecified atom stereocenters. The van der Waals surface area contributed by atoms with Crippen LogP contribution in [0.2, 0.25) is 0 Å². The van der Waals surface area contributed by atoms with Crippen LogP contribution in [0.3, 0.4) is 0 Å². The molecule has 0 spiro atoms. The van der Waals surface area contributed by atoms with Crippen LogP contribution in [0, 0.1) is 0 Å². The fourth-order valence-corrected chi connectivity index (χ4v) is 3.41. The van der Waals surface area contributed by atoms with Gasteiger partial charge in [0.15, 0.2) is 0 Å². The molecule has 0 aliphatic rings. The van der Waals surface area contributed by atoms with Gasteiger partial charge in [-0.25, -0.2) is 0 Å². The largest absolute Gasteiger partial charge is 0.493 e. The summed E-state index contributed by atoms with van der Waals surface area (Å²) in [5.41, 5.74) is 1.31. The molecule has 1 N–H and O–H groups in total. The number of benzene rings is 2. The minimum Gasteiger partial charge on any atom is -0.493 e. The van der Waals surface area contributed by atoms with Crippen molar-refractivity contribution in [1.82, 2.24) is 5.32 Å². The molecule has 2 rings (SSSR count). The van der Waals surface area contributed by atoms with Gasteiger partial charge in [-0.05, 0) is 36.2 Å². The minimum absolute atomic E-state index is 0.816. The maximum absolute atomic E-state index is 6.13. The number of fused-ring (bicyclic) bond motifs is 1. The number of ether oxygens (including phenoxy) is 1. The first-order chi connectivity index (χ1) is 12.9. The lowest BCUT2D eigenvalue weighted by Crippen LogP contribution is -2.16. The Balaban J connectivity index is 1.90. The summed E-state index contributed by atoms with van der Waals surface area (Å²) in [6.07, 6.45) is 11.7. The zero-order valence-electron chi connectivity index (χ0n) is 16.9. The third kappa shape index (κ3) is 6.99. The summed E-state index contributed by atoms with van der Waals surface area (Å²) in [4.78, 5) is 0. The quantitative estimate of drug-likeness (QED) is 0.374. The highest BCUT2D eigenvalue weighted by atomic mass is 16.5. The van der Waals surface area contributed by atoms with Crippen LogP contribution in [-0.4, -0.2) is 13.2 Å². The first kappa shape index (κ1) is 20.8. The van der Waals surface area contributed by atoms with Crippen molar-refractivity contribution < 1.29 is 4.74 Å². The smallest absolute Gasteiger partial charge is 0.124 e. The second kappa shape index (κ2) is 12.8. The average Bonchev–Trinajstić information content (AvgIpc) is 2.68. The molecule has 0 fully saturated rings. The van der Waals surface area contributed by atoms with Crippen molar-refractivity contribution in [3.8, 4) is 5.75 Å². The van der Waals surface area contributed by atoms with E-state index in [1.807, 2.05) is 0 Å². The van der Waals surface area contributed by atoms with E-state index in [-0.39, 0.29) is 0 Å². The Morgan fingerprint density at radius 1 is 0.769 bits per heavy atom. The van der Waals surface area contributed by atoms with E-state index in [9.17, 15) is 0 Å². The predicted molar refractivity (Wildman–Crippen MR) is 114 cm³/mol. The van der Waals surface area contributed by atoms with Gasteiger partial charge in [0.05, 0.1) is 6.61 Å². The molecular weight excluding hydrogens is 318 g/mol. The molecule has 0 saturated heterocycles. The summed E-state index contributed by atoms with van der Waals surface area (Å²) in [5.74, 6) is 1.05. The number of nitrogens with one attached hydrogen (secondary N) is 1. The molecule has 0 heterocycles. The Morgan fingerprint density at radius 3 is 2.35 bits per heavy atom. The van der Waals surface area contributed by atoms with E-state index < -0.39 is 0 Å². The van der Waals surface area contributed by atoms with Gasteiger partial charge >= 0.3 is 0 Å². The van der Waals surface area contributed by atoms with E-state index in [2.05, 4.69) is 55.6 Å². The van der Waals surface area contributed by atoms with Gasteiger partial charge in [0.25, 0.3) is 0 Å². The van der Waals surface area contributed by atoms with Crippen molar-refractivity contribution in [2.45, 2.75) is 78.2 Å². The van der Waals surface area contributed by atoms with Gasteiger partial charge in [0.1, 0.15) is 5.75 Å². The van der Waals surface area contributed by atoms with Gasteiger partial charge in [-0.2, -0.15) is 0 Å². The summed E-state index contributed by atoms with van der Waals surface area (Å²) in [7, 11) is 0. The molecule has 0 aliphatic heterocycles. The maximum Gasteiger partial charge on any atom is 0.124 e. The Morgan fingerprint density at radius 2 is 1.50 bits per heavy atom. The molecule has 0 radical (unpaired) electrons. The van der Waals surface area contributed by atoms with E-state index in [1.54, 1.807) is 0 Å². The zero-order valence-corrected chi connectivity index (χ0v) is 16.9. The molecule has 0 atom stereocenters. The lowest BCUT2D eigenvalue weighted by Gasteiger charge is -2.15. The first-order valence-corrected chi connectivity index (χ1v) is 10.7. The Labute approximate surface area is 160 Å². The molecule has 2 aromatic rings. The van der Waals surface area contributed by atoms with E-state index in [0.29, 0.717) is 0 Å². The highest BCUT2D eigenvalue weighted by Crippen LogP contribution is 2.28. The van der Waals surface area contributed by atoms with Crippen molar-refractivity contribution in [2.75, 3.05) is 13.2 Å². The van der Waals surface area contributed by atoms with Crippen molar-refractivity contribution in [3.63, 3.8) is 0 Å². The van der Waals surface area contributed by atoms with Crippen LogP contribution >= 0.6 is 0 Å². The summed E-state index contributed by atoms with van der Waals surface area (Å²) in [6, 6.07) is 13.0. The van der Waals surface area contributed by atoms with E-state index in [0.717, 1.165) is 31.9 Å². The number of rotatable bonds is 14. The average molecular weight is 356 g/mol. The van der Waals surface area contributed by atoms with Gasteiger partial charge in [0, 0.05) is 12.1 Å². The van der Waals surface area contributed by atoms with E-state index >= 15 is 0 Å². The summed E-state index contributed by atoms with van der Waals surface area (Å²) in [5, 5.41) is 6.26. The third-order valence-electron chi connectivity index (χ3n) is 5.01. The van der Waals surface area contributed by atoms with E-state index in [1.165, 1.54) is 67.7 Å². The molecule has 0 bridgehead atoms. The van der Waals surface area contributed by atoms with Gasteiger partial charge in [-0.1, -0.05) is 89.1 Å². The molecule has 144 valence electrons. The van der Waals surface area contributed by atoms with Crippen molar-refractivity contribution >= 4 is 10.8 Å². The molecule has 2 aromatic carbocycles. The molecule has 0 aliphatic carbocycles. The topological polar surface area (TPSA) is 21.3 Å². The number of hydrogen-bond donors (Lipinski definition) is 1. The monoisotopic (exact) mass is 355 g/mol. The summed E-state index contributed by atoms with van der Waals surface area (Å²) >= 11 is 0. The Bertz CT molecular complexity index is 623. The lowest BCUT2D eigenvalue weighted by atomic mass is 10.0. The molecule has 2 nitrogen and oxygen atoms in total. The van der Waals surface area contributed by atoms with Crippen molar-refractivity contribution in [3.05, 3.63) is 42.0 Å². The highest BCUT2D eigenvalue weighted by Gasteiger charge is 2.08. The van der Waals surface area contributed by atoms with Crippen LogP contribution in [0.15, 0.2) is 36.4 Å². The van der Waals surface area contributed by atoms with Crippen molar-refractivity contribution in [2.24, 2.45) is 0 Å². The zero-order chi connectivity index (χ0) is 18.5. The van der Waals surface area contributed by atoms with Crippen LogP contribution in [-0.2, 0) is 6.54 Å². The van der Waals surface area contributed by atoms with E-state index in [4.69, 9.17) is 4.74 Å². The Kier molecular flexibility index (Phi) is 10.2. The summed E-state index contributed by atoms with van der Waals surface area (Å²) in [6.45, 7) is 7.29. The molecule has 2 heteroatoms. The second-order valence-corrected chi connectivity index (χ2v) is 7.26. The molecule has 0 saturated carbocycles. The third-order valence-corrected chi connectivity index (χ3v) is 5.01. The minimum atomic E-state index is 0.816. The predicted octanol–water partition coefficient (Wildman–Crippen LogP) is 6.86. The fraction of sp³-hybridized carbons (Fsp3) is 0.583. The molecule has 0 amide bonds. The van der Waals surface area contributed by atoms with Crippen LogP contribution in [0.4, 0.5) is 0 Å². The van der Waals surface area contributed by atoms with Crippen molar-refractivity contribution in [1.29, 1.82) is 0 Å². The van der Waals surface area contributed by atoms with Gasteiger partial charge < -0.3 is 10.1 Å². The lowest BCUT2D eigenvalue weighted by molar-refractivity contribution is 0.303. The maximum atomic E-state index is 6.13. The van der Waals surface area contributed by atoms with Crippen LogP contribution in [0.1, 0.15) is 77.2 Å². The normalized spacial score (nSPS) is 11.2. The van der Waals surface area contributed by atoms with Gasteiger partial charge in [0.2, 0.25) is 0 Å². The second-order valence-electron chi connectivity index (χ2n) is 7.26. The molecule has 0 aromatic heterocycles. The fourth-order valence-electron chi connectivity index (χ4n) is 3.41. The number of unbranched alkanes of at least 4 members (excludes halogenated alkanes) is 7. The molecular formula is C24H37NO. The standard InChI is InChI=1S/C24H37NO/c1-3-5-7-8-9-12-18-25-20-23-22-15-11-10-14-21(22)16-17-24(23)26-19-13-6-4-2/h10-11,14-17,25H,3-9,12-13,18-20H2,1-2H3. The summed E-state index contributed by atoms with van der Waals surface area (Å²) < 4.78 is 6.13. The molecule has 26 heavy (non-hydrogen) atoms. The highest BCUT2D eigenvalue weighted by molar-refractivity contribution is 5.87. The van der Waals surface area contributed by atoms with Gasteiger partial charge in [-0.15, -0.1) is 0 Å². The SMILES string of the molecule is CCCCCCCCNCc1c(OCCCCC)ccc2ccccc12. The van der Waals surface area contributed by atoms with Crippen LogP contribution in [0.5, 0.6) is 5.75 Å². The van der Waals surface area contributed by atoms with Crippen LogP contribution < -0.4 is 10.1 Å². The first-order valence-electron chi connectivity index (χ1n) is 10.7. The Hall–Kier alpha value is -1.54. The van der Waals surface area contributed by atoms with Gasteiger partial charge in [-0.3, -0.25) is 0 Å².